The molecule has 6 nitrogen and oxygen atoms in total. The first kappa shape index (κ1) is 21.9. The van der Waals surface area contributed by atoms with Crippen molar-refractivity contribution in [1.82, 2.24) is 0 Å². The number of halogens is 1. The van der Waals surface area contributed by atoms with Crippen molar-refractivity contribution >= 4 is 23.6 Å². The van der Waals surface area contributed by atoms with Crippen LogP contribution in [0.3, 0.4) is 0 Å². The van der Waals surface area contributed by atoms with E-state index in [-0.39, 0.29) is 0 Å². The maximum atomic E-state index is 12.9. The lowest BCUT2D eigenvalue weighted by atomic mass is 10.2. The van der Waals surface area contributed by atoms with E-state index in [1.165, 1.54) is 44.4 Å². The zero-order chi connectivity index (χ0) is 21.2. The highest BCUT2D eigenvalue weighted by molar-refractivity contribution is 5.96. The van der Waals surface area contributed by atoms with Gasteiger partial charge in [0.1, 0.15) is 5.82 Å². The molecule has 1 atom stereocenters. The van der Waals surface area contributed by atoms with Crippen molar-refractivity contribution in [2.75, 3.05) is 19.0 Å². The summed E-state index contributed by atoms with van der Waals surface area (Å²) in [7, 11) is 1.54. The molecule has 0 fully saturated rings. The zero-order valence-electron chi connectivity index (χ0n) is 16.6. The molecule has 0 bridgehead atoms. The van der Waals surface area contributed by atoms with Gasteiger partial charge in [-0.15, -0.1) is 0 Å². The minimum Gasteiger partial charge on any atom is -0.493 e. The van der Waals surface area contributed by atoms with Crippen molar-refractivity contribution in [2.45, 2.75) is 26.4 Å². The van der Waals surface area contributed by atoms with Crippen molar-refractivity contribution < 1.29 is 28.2 Å². The number of ether oxygens (including phenoxy) is 3. The standard InChI is InChI=1S/C22H24FNO5/c1-4-13-28-19-11-5-16(14-20(19)27-3)6-12-21(25)29-15(2)22(26)24-18-9-7-17(23)8-10-18/h5-12,14-15H,4,13H2,1-3H3,(H,24,26)/b12-6+/t15-/m0/s1. The second-order valence-electron chi connectivity index (χ2n) is 6.17. The van der Waals surface area contributed by atoms with E-state index in [1.807, 2.05) is 6.92 Å². The molecule has 0 aromatic heterocycles. The van der Waals surface area contributed by atoms with E-state index in [9.17, 15) is 14.0 Å². The molecule has 1 N–H and O–H groups in total. The van der Waals surface area contributed by atoms with E-state index >= 15 is 0 Å². The summed E-state index contributed by atoms with van der Waals surface area (Å²) in [5.74, 6) is -0.412. The first-order valence-corrected chi connectivity index (χ1v) is 9.19. The molecule has 0 spiro atoms. The van der Waals surface area contributed by atoms with E-state index in [2.05, 4.69) is 5.32 Å². The maximum absolute atomic E-state index is 12.9. The van der Waals surface area contributed by atoms with Gasteiger partial charge in [0.2, 0.25) is 0 Å². The molecule has 2 rings (SSSR count). The second-order valence-corrected chi connectivity index (χ2v) is 6.17. The van der Waals surface area contributed by atoms with Crippen LogP contribution >= 0.6 is 0 Å². The second kappa shape index (κ2) is 10.8. The summed E-state index contributed by atoms with van der Waals surface area (Å²) in [6, 6.07) is 10.6. The fourth-order valence-electron chi connectivity index (χ4n) is 2.33. The smallest absolute Gasteiger partial charge is 0.331 e. The third kappa shape index (κ3) is 6.95. The number of nitrogens with one attached hydrogen (secondary N) is 1. The highest BCUT2D eigenvalue weighted by Gasteiger charge is 2.16. The van der Waals surface area contributed by atoms with Crippen LogP contribution in [0.15, 0.2) is 48.5 Å². The molecule has 0 saturated carbocycles. The molecule has 2 aromatic rings. The number of hydrogen-bond acceptors (Lipinski definition) is 5. The number of benzene rings is 2. The molecule has 2 aromatic carbocycles. The number of carbonyl (C=O) groups is 2. The summed E-state index contributed by atoms with van der Waals surface area (Å²) in [5, 5.41) is 2.55. The molecule has 154 valence electrons. The third-order valence-electron chi connectivity index (χ3n) is 3.84. The van der Waals surface area contributed by atoms with Crippen molar-refractivity contribution in [3.8, 4) is 11.5 Å². The normalized spacial score (nSPS) is 11.7. The van der Waals surface area contributed by atoms with Crippen LogP contribution in [-0.2, 0) is 14.3 Å². The quantitative estimate of drug-likeness (QED) is 0.503. The number of methoxy groups -OCH3 is 1. The number of esters is 1. The summed E-state index contributed by atoms with van der Waals surface area (Å²) in [5.41, 5.74) is 1.12. The molecule has 0 unspecified atom stereocenters. The van der Waals surface area contributed by atoms with Gasteiger partial charge >= 0.3 is 5.97 Å². The van der Waals surface area contributed by atoms with E-state index in [0.29, 0.717) is 29.4 Å². The number of amides is 1. The minimum atomic E-state index is -1.02. The van der Waals surface area contributed by atoms with Gasteiger partial charge in [0, 0.05) is 11.8 Å². The summed E-state index contributed by atoms with van der Waals surface area (Å²) >= 11 is 0. The first-order valence-electron chi connectivity index (χ1n) is 9.19. The molecular formula is C22H24FNO5. The maximum Gasteiger partial charge on any atom is 0.331 e. The van der Waals surface area contributed by atoms with Gasteiger partial charge in [-0.1, -0.05) is 13.0 Å². The van der Waals surface area contributed by atoms with Gasteiger partial charge < -0.3 is 19.5 Å². The Balaban J connectivity index is 1.92. The molecule has 0 aliphatic carbocycles. The molecule has 0 aliphatic heterocycles. The van der Waals surface area contributed by atoms with Crippen LogP contribution in [0.2, 0.25) is 0 Å². The van der Waals surface area contributed by atoms with Crippen molar-refractivity contribution in [1.29, 1.82) is 0 Å². The lowest BCUT2D eigenvalue weighted by Gasteiger charge is -2.12. The zero-order valence-corrected chi connectivity index (χ0v) is 16.6. The Morgan fingerprint density at radius 2 is 1.86 bits per heavy atom. The summed E-state index contributed by atoms with van der Waals surface area (Å²) < 4.78 is 28.9. The average molecular weight is 401 g/mol. The Morgan fingerprint density at radius 1 is 1.14 bits per heavy atom. The summed E-state index contributed by atoms with van der Waals surface area (Å²) in [6.07, 6.45) is 2.64. The Morgan fingerprint density at radius 3 is 2.52 bits per heavy atom. The average Bonchev–Trinajstić information content (AvgIpc) is 2.72. The van der Waals surface area contributed by atoms with Gasteiger partial charge in [-0.2, -0.15) is 0 Å². The van der Waals surface area contributed by atoms with Crippen molar-refractivity contribution in [3.05, 3.63) is 59.9 Å². The molecule has 29 heavy (non-hydrogen) atoms. The van der Waals surface area contributed by atoms with Crippen LogP contribution in [0.25, 0.3) is 6.08 Å². The van der Waals surface area contributed by atoms with Crippen LogP contribution < -0.4 is 14.8 Å². The molecule has 0 aliphatic rings. The Kier molecular flexibility index (Phi) is 8.21. The molecule has 1 amide bonds. The monoisotopic (exact) mass is 401 g/mol. The van der Waals surface area contributed by atoms with Gasteiger partial charge in [0.15, 0.2) is 17.6 Å². The van der Waals surface area contributed by atoms with Gasteiger partial charge in [-0.25, -0.2) is 9.18 Å². The highest BCUT2D eigenvalue weighted by atomic mass is 19.1. The van der Waals surface area contributed by atoms with E-state index in [0.717, 1.165) is 6.42 Å². The van der Waals surface area contributed by atoms with Crippen LogP contribution in [0, 0.1) is 5.82 Å². The highest BCUT2D eigenvalue weighted by Crippen LogP contribution is 2.28. The molecule has 0 saturated heterocycles. The van der Waals surface area contributed by atoms with E-state index < -0.39 is 23.8 Å². The Labute approximate surface area is 169 Å². The van der Waals surface area contributed by atoms with Crippen LogP contribution in [0.5, 0.6) is 11.5 Å². The molecule has 7 heteroatoms. The number of hydrogen-bond donors (Lipinski definition) is 1. The van der Waals surface area contributed by atoms with Crippen molar-refractivity contribution in [2.24, 2.45) is 0 Å². The molecular weight excluding hydrogens is 377 g/mol. The SMILES string of the molecule is CCCOc1ccc(/C=C/C(=O)O[C@@H](C)C(=O)Nc2ccc(F)cc2)cc1OC. The summed E-state index contributed by atoms with van der Waals surface area (Å²) in [6.45, 7) is 4.04. The number of rotatable bonds is 9. The first-order chi connectivity index (χ1) is 13.9. The molecule has 0 heterocycles. The Hall–Kier alpha value is -3.35. The summed E-state index contributed by atoms with van der Waals surface area (Å²) in [4.78, 5) is 24.1. The van der Waals surface area contributed by atoms with Crippen LogP contribution in [0.1, 0.15) is 25.8 Å². The van der Waals surface area contributed by atoms with Gasteiger partial charge in [-0.05, 0) is 61.4 Å². The predicted molar refractivity (Wildman–Crippen MR) is 108 cm³/mol. The fraction of sp³-hybridized carbons (Fsp3) is 0.273. The topological polar surface area (TPSA) is 73.9 Å². The largest absolute Gasteiger partial charge is 0.493 e. The van der Waals surface area contributed by atoms with Crippen molar-refractivity contribution in [3.63, 3.8) is 0 Å². The van der Waals surface area contributed by atoms with E-state index in [1.54, 1.807) is 24.3 Å². The lowest BCUT2D eigenvalue weighted by Crippen LogP contribution is -2.29. The van der Waals surface area contributed by atoms with Gasteiger partial charge in [-0.3, -0.25) is 4.79 Å². The van der Waals surface area contributed by atoms with E-state index in [4.69, 9.17) is 14.2 Å². The molecule has 0 radical (unpaired) electrons. The van der Waals surface area contributed by atoms with Crippen LogP contribution in [-0.4, -0.2) is 31.7 Å². The lowest BCUT2D eigenvalue weighted by molar-refractivity contribution is -0.148. The number of anilines is 1. The Bertz CT molecular complexity index is 864. The van der Waals surface area contributed by atoms with Gasteiger partial charge in [0.05, 0.1) is 13.7 Å². The number of carbonyl (C=O) groups excluding carboxylic acids is 2. The predicted octanol–water partition coefficient (Wildman–Crippen LogP) is 4.21. The van der Waals surface area contributed by atoms with Gasteiger partial charge in [0.25, 0.3) is 5.91 Å². The van der Waals surface area contributed by atoms with Crippen LogP contribution in [0.4, 0.5) is 10.1 Å². The fourth-order valence-corrected chi connectivity index (χ4v) is 2.33. The minimum absolute atomic E-state index is 0.408. The third-order valence-corrected chi connectivity index (χ3v) is 3.84.